The SMILES string of the molecule is CN=CC(=CN)c1cc(Nc2ncc(Br)c(Nc3ccc4ncccc4c3P(C)(C)=O)n2)c(OC)cc1N1CCC2(CCN(CCF)CC2)CC1. The van der Waals surface area contributed by atoms with Crippen LogP contribution in [0.1, 0.15) is 31.2 Å². The summed E-state index contributed by atoms with van der Waals surface area (Å²) in [4.78, 5) is 22.8. The highest BCUT2D eigenvalue weighted by Crippen LogP contribution is 2.45. The molecule has 4 heterocycles. The van der Waals surface area contributed by atoms with E-state index in [-0.39, 0.29) is 6.67 Å². The minimum absolute atomic E-state index is 0.285. The number of likely N-dealkylation sites (tertiary alicyclic amines) is 1. The molecule has 0 aliphatic carbocycles. The van der Waals surface area contributed by atoms with Gasteiger partial charge in [0.2, 0.25) is 5.95 Å². The number of nitrogens with one attached hydrogen (secondary N) is 2. The van der Waals surface area contributed by atoms with Gasteiger partial charge in [-0.3, -0.25) is 9.98 Å². The predicted octanol–water partition coefficient (Wildman–Crippen LogP) is 7.18. The monoisotopic (exact) mass is 777 g/mol. The van der Waals surface area contributed by atoms with Crippen molar-refractivity contribution in [2.24, 2.45) is 16.1 Å². The maximum Gasteiger partial charge on any atom is 0.229 e. The van der Waals surface area contributed by atoms with Gasteiger partial charge < -0.3 is 35.5 Å². The summed E-state index contributed by atoms with van der Waals surface area (Å²) >= 11 is 3.59. The van der Waals surface area contributed by atoms with Gasteiger partial charge in [-0.05, 0) is 97.7 Å². The number of fused-ring (bicyclic) bond motifs is 1. The summed E-state index contributed by atoms with van der Waals surface area (Å²) in [6.07, 6.45) is 11.1. The van der Waals surface area contributed by atoms with Crippen LogP contribution in [0.3, 0.4) is 0 Å². The number of anilines is 5. The molecule has 2 aliphatic heterocycles. The number of pyridine rings is 1. The minimum atomic E-state index is -2.72. The highest BCUT2D eigenvalue weighted by Gasteiger charge is 2.38. The number of ether oxygens (including phenoxy) is 1. The molecule has 0 amide bonds. The van der Waals surface area contributed by atoms with E-state index in [1.807, 2.05) is 36.4 Å². The van der Waals surface area contributed by atoms with E-state index >= 15 is 0 Å². The third-order valence-electron chi connectivity index (χ3n) is 10.1. The molecule has 2 saturated heterocycles. The Morgan fingerprint density at radius 2 is 1.84 bits per heavy atom. The third kappa shape index (κ3) is 8.05. The Kier molecular flexibility index (Phi) is 11.3. The number of hydrogen-bond donors (Lipinski definition) is 3. The molecule has 4 N–H and O–H groups in total. The van der Waals surface area contributed by atoms with Gasteiger partial charge in [-0.25, -0.2) is 9.37 Å². The molecular weight excluding hydrogens is 732 g/mol. The zero-order valence-corrected chi connectivity index (χ0v) is 32.1. The molecule has 0 radical (unpaired) electrons. The van der Waals surface area contributed by atoms with E-state index in [1.165, 1.54) is 0 Å². The number of methoxy groups -OCH3 is 1. The number of rotatable bonds is 11. The van der Waals surface area contributed by atoms with Gasteiger partial charge in [0.15, 0.2) is 0 Å². The molecule has 1 spiro atoms. The van der Waals surface area contributed by atoms with Crippen LogP contribution < -0.4 is 31.3 Å². The molecule has 270 valence electrons. The van der Waals surface area contributed by atoms with Gasteiger partial charge in [-0.15, -0.1) is 0 Å². The van der Waals surface area contributed by atoms with Crippen molar-refractivity contribution in [3.05, 3.63) is 65.0 Å². The van der Waals surface area contributed by atoms with E-state index in [4.69, 9.17) is 15.5 Å². The van der Waals surface area contributed by atoms with Gasteiger partial charge in [-0.1, -0.05) is 6.07 Å². The van der Waals surface area contributed by atoms with Crippen molar-refractivity contribution in [1.82, 2.24) is 19.9 Å². The summed E-state index contributed by atoms with van der Waals surface area (Å²) in [5.41, 5.74) is 11.3. The molecule has 2 aliphatic rings. The summed E-state index contributed by atoms with van der Waals surface area (Å²) in [7, 11) is 0.647. The average molecular weight is 779 g/mol. The Labute approximate surface area is 307 Å². The van der Waals surface area contributed by atoms with E-state index in [0.29, 0.717) is 50.6 Å². The first-order valence-electron chi connectivity index (χ1n) is 17.2. The van der Waals surface area contributed by atoms with Gasteiger partial charge >= 0.3 is 0 Å². The van der Waals surface area contributed by atoms with E-state index in [1.54, 1.807) is 52.3 Å². The zero-order chi connectivity index (χ0) is 36.2. The first-order valence-corrected chi connectivity index (χ1v) is 20.6. The maximum absolute atomic E-state index is 13.5. The van der Waals surface area contributed by atoms with Crippen LogP contribution in [0.25, 0.3) is 16.5 Å². The molecule has 0 atom stereocenters. The molecular formula is C37H46BrFN9O2P. The second kappa shape index (κ2) is 15.7. The molecule has 6 rings (SSSR count). The van der Waals surface area contributed by atoms with Gasteiger partial charge in [0.05, 0.1) is 28.5 Å². The van der Waals surface area contributed by atoms with Crippen LogP contribution in [0.15, 0.2) is 64.5 Å². The Morgan fingerprint density at radius 3 is 2.51 bits per heavy atom. The Balaban J connectivity index is 1.30. The van der Waals surface area contributed by atoms with Crippen molar-refractivity contribution in [3.8, 4) is 5.75 Å². The number of nitrogens with two attached hydrogens (primary N) is 1. The van der Waals surface area contributed by atoms with Crippen LogP contribution in [0, 0.1) is 5.41 Å². The summed E-state index contributed by atoms with van der Waals surface area (Å²) < 4.78 is 33.1. The minimum Gasteiger partial charge on any atom is -0.494 e. The molecule has 2 aromatic carbocycles. The fourth-order valence-electron chi connectivity index (χ4n) is 7.34. The summed E-state index contributed by atoms with van der Waals surface area (Å²) in [5.74, 6) is 1.46. The Morgan fingerprint density at radius 1 is 1.10 bits per heavy atom. The zero-order valence-electron chi connectivity index (χ0n) is 29.6. The van der Waals surface area contributed by atoms with E-state index < -0.39 is 7.14 Å². The molecule has 4 aromatic rings. The Hall–Kier alpha value is -4.06. The van der Waals surface area contributed by atoms with Crippen molar-refractivity contribution in [2.45, 2.75) is 25.7 Å². The van der Waals surface area contributed by atoms with Crippen molar-refractivity contribution >= 4 is 79.9 Å². The second-order valence-electron chi connectivity index (χ2n) is 13.6. The van der Waals surface area contributed by atoms with Crippen LogP contribution in [0.5, 0.6) is 5.75 Å². The van der Waals surface area contributed by atoms with Crippen LogP contribution >= 0.6 is 23.1 Å². The number of piperidine rings is 2. The van der Waals surface area contributed by atoms with Crippen molar-refractivity contribution < 1.29 is 13.7 Å². The number of nitrogens with zero attached hydrogens (tertiary/aromatic N) is 6. The number of hydrogen-bond acceptors (Lipinski definition) is 11. The number of aromatic nitrogens is 3. The molecule has 11 nitrogen and oxygen atoms in total. The molecule has 14 heteroatoms. The van der Waals surface area contributed by atoms with Gasteiger partial charge in [0.1, 0.15) is 25.4 Å². The van der Waals surface area contributed by atoms with E-state index in [2.05, 4.69) is 51.3 Å². The lowest BCUT2D eigenvalue weighted by molar-refractivity contribution is 0.0764. The molecule has 51 heavy (non-hydrogen) atoms. The Bertz CT molecular complexity index is 1980. The number of allylic oxidation sites excluding steroid dienone is 1. The first kappa shape index (κ1) is 36.7. The maximum atomic E-state index is 13.5. The van der Waals surface area contributed by atoms with Crippen LogP contribution in [0.4, 0.5) is 33.2 Å². The third-order valence-corrected chi connectivity index (χ3v) is 12.2. The van der Waals surface area contributed by atoms with Gasteiger partial charge in [-0.2, -0.15) is 4.98 Å². The molecule has 2 aromatic heterocycles. The van der Waals surface area contributed by atoms with Crippen LogP contribution in [-0.2, 0) is 4.57 Å². The van der Waals surface area contributed by atoms with E-state index in [9.17, 15) is 8.96 Å². The average Bonchev–Trinajstić information content (AvgIpc) is 3.13. The fraction of sp³-hybridized carbons (Fsp3) is 0.405. The van der Waals surface area contributed by atoms with Gasteiger partial charge in [0.25, 0.3) is 0 Å². The first-order chi connectivity index (χ1) is 24.6. The number of halogens is 2. The molecule has 0 bridgehead atoms. The van der Waals surface area contributed by atoms with Crippen LogP contribution in [0.2, 0.25) is 0 Å². The van der Waals surface area contributed by atoms with Crippen molar-refractivity contribution in [3.63, 3.8) is 0 Å². The molecule has 0 unspecified atom stereocenters. The lowest BCUT2D eigenvalue weighted by Gasteiger charge is -2.47. The van der Waals surface area contributed by atoms with Crippen LogP contribution in [-0.4, -0.2) is 93.0 Å². The van der Waals surface area contributed by atoms with Crippen molar-refractivity contribution in [1.29, 1.82) is 0 Å². The fourth-order valence-corrected chi connectivity index (χ4v) is 9.11. The number of alkyl halides is 1. The summed E-state index contributed by atoms with van der Waals surface area (Å²) in [6, 6.07) is 11.6. The summed E-state index contributed by atoms with van der Waals surface area (Å²) in [6.45, 7) is 7.48. The predicted molar refractivity (Wildman–Crippen MR) is 212 cm³/mol. The standard InChI is InChI=1S/C37H46BrFN9O2P/c1-41-23-25(22-40)27-20-31(33(50-2)21-32(27)48-17-11-37(12-18-48)9-15-47(16-10-37)19-13-39)45-36-43-24-28(38)35(46-36)44-30-8-7-29-26(6-5-14-42-29)34(30)51(3,4)49/h5-8,14,20-24H,9-13,15-19,40H2,1-4H3,(H2,43,44,45,46). The largest absolute Gasteiger partial charge is 0.494 e. The normalized spacial score (nSPS) is 17.0. The number of benzene rings is 2. The molecule has 0 saturated carbocycles. The van der Waals surface area contributed by atoms with Crippen molar-refractivity contribution in [2.75, 3.05) is 82.4 Å². The van der Waals surface area contributed by atoms with E-state index in [0.717, 1.165) is 79.6 Å². The molecule has 2 fully saturated rings. The van der Waals surface area contributed by atoms with Gasteiger partial charge in [0, 0.05) is 85.1 Å². The lowest BCUT2D eigenvalue weighted by atomic mass is 9.71. The topological polar surface area (TPSA) is 134 Å². The summed E-state index contributed by atoms with van der Waals surface area (Å²) in [5, 5.41) is 8.31. The number of aliphatic imine (C=N–C) groups is 1. The smallest absolute Gasteiger partial charge is 0.229 e. The highest BCUT2D eigenvalue weighted by atomic mass is 79.9. The second-order valence-corrected chi connectivity index (χ2v) is 17.6. The highest BCUT2D eigenvalue weighted by molar-refractivity contribution is 9.10. The lowest BCUT2D eigenvalue weighted by Crippen LogP contribution is -2.47. The quantitative estimate of drug-likeness (QED) is 0.106.